The summed E-state index contributed by atoms with van der Waals surface area (Å²) in [5.74, 6) is 0.581. The lowest BCUT2D eigenvalue weighted by Gasteiger charge is -2.30. The van der Waals surface area contributed by atoms with E-state index in [1.807, 2.05) is 243 Å². The normalized spacial score (nSPS) is 12.6. The number of aromatic nitrogens is 15. The van der Waals surface area contributed by atoms with Crippen LogP contribution >= 0.6 is 102 Å². The molecule has 2 aliphatic heterocycles. The molecule has 1 saturated carbocycles. The van der Waals surface area contributed by atoms with Crippen LogP contribution in [0.5, 0.6) is 11.5 Å². The maximum atomic E-state index is 12.5. The largest absolute Gasteiger partial charge is 0.454 e. The number of halogens is 1. The Morgan fingerprint density at radius 3 is 0.993 bits per heavy atom. The third-order valence-corrected chi connectivity index (χ3v) is 28.9. The van der Waals surface area contributed by atoms with E-state index in [-0.39, 0.29) is 65.9 Å². The molecule has 736 valence electrons. The van der Waals surface area contributed by atoms with Crippen molar-refractivity contribution in [3.8, 4) is 23.6 Å². The fraction of sp³-hybridized carbons (Fsp3) is 0.0991. The first-order valence-corrected chi connectivity index (χ1v) is 53.3. The van der Waals surface area contributed by atoms with E-state index in [1.54, 1.807) is 244 Å². The van der Waals surface area contributed by atoms with E-state index in [1.165, 1.54) is 66.5 Å². The van der Waals surface area contributed by atoms with Crippen LogP contribution in [0.1, 0.15) is 186 Å². The minimum Gasteiger partial charge on any atom is -0.454 e. The third kappa shape index (κ3) is 29.9. The van der Waals surface area contributed by atoms with Crippen LogP contribution in [0.2, 0.25) is 5.15 Å². The highest BCUT2D eigenvalue weighted by Crippen LogP contribution is 2.34. The van der Waals surface area contributed by atoms with Crippen molar-refractivity contribution in [1.82, 2.24) is 78.3 Å². The molecule has 1 aliphatic carbocycles. The second-order valence-electron chi connectivity index (χ2n) is 32.2. The lowest BCUT2D eigenvalue weighted by atomic mass is 9.85. The first-order chi connectivity index (χ1) is 72.3. The zero-order valence-electron chi connectivity index (χ0n) is 78.7. The number of carbonyl (C=O) groups excluding carboxylic acids is 8. The predicted octanol–water partition coefficient (Wildman–Crippen LogP) is 25.2. The van der Waals surface area contributed by atoms with Gasteiger partial charge in [-0.15, -0.1) is 79.4 Å². The predicted molar refractivity (Wildman–Crippen MR) is 589 cm³/mol. The molecule has 0 radical (unpaired) electrons. The molecule has 0 bridgehead atoms. The Labute approximate surface area is 886 Å². The number of thiophene rings is 8. The van der Waals surface area contributed by atoms with Crippen molar-refractivity contribution in [2.45, 2.75) is 39.0 Å². The number of hydrogen-bond donors (Lipinski definition) is 0. The number of nitrogens with zero attached hydrogens (tertiary/aromatic N) is 18. The molecule has 0 atom stereocenters. The summed E-state index contributed by atoms with van der Waals surface area (Å²) in [6.07, 6.45) is 44.9. The van der Waals surface area contributed by atoms with Crippen LogP contribution in [0, 0.1) is 34.5 Å². The lowest BCUT2D eigenvalue weighted by molar-refractivity contribution is -0.130. The molecule has 0 N–H and O–H groups in total. The number of fused-ring (bicyclic) bond motifs is 1. The summed E-state index contributed by atoms with van der Waals surface area (Å²) in [5, 5.41) is 65.8. The van der Waals surface area contributed by atoms with Crippen molar-refractivity contribution >= 4 is 235 Å². The van der Waals surface area contributed by atoms with Crippen molar-refractivity contribution in [1.29, 1.82) is 10.5 Å². The summed E-state index contributed by atoms with van der Waals surface area (Å²) in [6.45, 7) is 3.06. The van der Waals surface area contributed by atoms with Crippen LogP contribution < -0.4 is 9.47 Å². The summed E-state index contributed by atoms with van der Waals surface area (Å²) in [4.78, 5) is 111. The zero-order valence-corrected chi connectivity index (χ0v) is 86.0. The van der Waals surface area contributed by atoms with Gasteiger partial charge >= 0.3 is 0 Å². The van der Waals surface area contributed by atoms with E-state index < -0.39 is 0 Å². The Balaban J connectivity index is 0.000000123. The average molecular weight is 2130 g/mol. The molecule has 22 rings (SSSR count). The smallest absolute Gasteiger partial charge is 0.279 e. The molecule has 1 amide bonds. The molecule has 3 aromatic carbocycles. The van der Waals surface area contributed by atoms with Gasteiger partial charge in [0, 0.05) is 138 Å². The van der Waals surface area contributed by atoms with E-state index in [9.17, 15) is 38.4 Å². The van der Waals surface area contributed by atoms with Gasteiger partial charge in [0.25, 0.3) is 29.5 Å². The molecular weight excluding hydrogens is 2040 g/mol. The number of amides is 1. The second-order valence-corrected chi connectivity index (χ2v) is 40.2. The number of benzene rings is 3. The molecule has 1 saturated heterocycles. The summed E-state index contributed by atoms with van der Waals surface area (Å²) in [7, 11) is 0. The molecule has 2 fully saturated rings. The monoisotopic (exact) mass is 2120 g/mol. The molecule has 0 unspecified atom stereocenters. The third-order valence-electron chi connectivity index (χ3n) is 22.1. The van der Waals surface area contributed by atoms with Crippen LogP contribution in [0.15, 0.2) is 310 Å². The molecule has 16 aromatic heterocycles. The first-order valence-electron chi connectivity index (χ1n) is 45.8. The molecular formula is C111H87ClN18O10S8. The highest BCUT2D eigenvalue weighted by Gasteiger charge is 2.29. The summed E-state index contributed by atoms with van der Waals surface area (Å²) in [5.41, 5.74) is 8.78. The summed E-state index contributed by atoms with van der Waals surface area (Å²) >= 11 is 18.8. The highest BCUT2D eigenvalue weighted by molar-refractivity contribution is 7.12. The summed E-state index contributed by atoms with van der Waals surface area (Å²) < 4.78 is 20.0. The van der Waals surface area contributed by atoms with Crippen LogP contribution in [-0.2, 0) is 4.79 Å². The number of ether oxygens (including phenoxy) is 2. The van der Waals surface area contributed by atoms with Crippen molar-refractivity contribution in [2.24, 2.45) is 11.8 Å². The zero-order chi connectivity index (χ0) is 103. The van der Waals surface area contributed by atoms with Gasteiger partial charge in [0.1, 0.15) is 5.15 Å². The maximum absolute atomic E-state index is 12.5. The van der Waals surface area contributed by atoms with Crippen LogP contribution in [0.4, 0.5) is 0 Å². The van der Waals surface area contributed by atoms with Crippen molar-refractivity contribution in [3.63, 3.8) is 0 Å². The molecule has 0 spiro atoms. The number of likely N-dealkylation sites (tertiary alicyclic amines) is 1. The maximum Gasteiger partial charge on any atom is 0.279 e. The summed E-state index contributed by atoms with van der Waals surface area (Å²) in [6, 6.07) is 68.1. The van der Waals surface area contributed by atoms with Gasteiger partial charge in [0.2, 0.25) is 24.5 Å². The van der Waals surface area contributed by atoms with Gasteiger partial charge in [0.15, 0.2) is 11.5 Å². The molecule has 3 aliphatic rings. The molecule has 18 heterocycles. The van der Waals surface area contributed by atoms with E-state index >= 15 is 0 Å². The van der Waals surface area contributed by atoms with Gasteiger partial charge in [0.05, 0.1) is 74.2 Å². The van der Waals surface area contributed by atoms with Gasteiger partial charge in [-0.2, -0.15) is 57.6 Å². The first kappa shape index (κ1) is 104. The Morgan fingerprint density at radius 1 is 0.331 bits per heavy atom. The number of nitriles is 2. The fourth-order valence-electron chi connectivity index (χ4n) is 14.1. The van der Waals surface area contributed by atoms with Gasteiger partial charge in [-0.05, 0) is 318 Å². The minimum absolute atomic E-state index is 0.0176. The van der Waals surface area contributed by atoms with E-state index in [4.69, 9.17) is 31.6 Å². The van der Waals surface area contributed by atoms with E-state index in [0.717, 1.165) is 71.4 Å². The number of carbonyl (C=O) groups is 8. The minimum atomic E-state index is -0.257. The van der Waals surface area contributed by atoms with E-state index in [0.29, 0.717) is 87.2 Å². The van der Waals surface area contributed by atoms with Gasteiger partial charge in [-0.3, -0.25) is 38.4 Å². The van der Waals surface area contributed by atoms with Crippen LogP contribution in [0.3, 0.4) is 0 Å². The topological polar surface area (TPSA) is 343 Å². The van der Waals surface area contributed by atoms with Gasteiger partial charge in [-0.1, -0.05) is 66.6 Å². The average Bonchev–Trinajstić information content (AvgIpc) is 1.67. The van der Waals surface area contributed by atoms with Gasteiger partial charge < -0.3 is 14.4 Å². The van der Waals surface area contributed by atoms with Crippen molar-refractivity contribution < 1.29 is 47.8 Å². The molecule has 19 aromatic rings. The van der Waals surface area contributed by atoms with Crippen LogP contribution in [0.25, 0.3) is 85.1 Å². The standard InChI is InChI=1S/C17H19N3O2S.2C17H11N3OS.C17H12N2O3S.C15H10ClN3OS.C14H10N2OS2.C14H14N2OS/c1-13(21)19-9-6-14(7-10-19)17(22)20-11-8-15(18-20)4-5-16-3-2-12-23-16;18-12-13-3-1-4-14(11-13)17(21)20-9-8-15(19-20)6-7-16-5-2-10-22-16;18-12-13-3-5-14(6-4-13)17(21)20-10-9-15(19-20)7-8-16-2-1-11-22-16;20-17(12-3-6-15-16(10-12)22-11-21-15)19-8-7-13(18-19)4-5-14-2-1-9-23-14;16-14-6-3-11(10-17-14)15(20)19-8-7-12(18-19)4-5-13-2-1-9-21-13;17-14(11-6-9-18-10-11)16-7-5-12(15-16)3-4-13-2-1-8-19-13;17-14(11-3-1-4-11)16-9-8-12(15-16)6-7-13-5-2-10-18-13/h2-5,8,11-12,14H,6-7,9-10H2,1H3;2*1-11H;1-10H,11H2;1-10H;1-10H;2,5-11H,1,3-4H2/b5-4+;7-6+;8-7+;2*5-4+;4-3+;7-6+. The van der Waals surface area contributed by atoms with Crippen LogP contribution in [-0.4, -0.2) is 145 Å². The Morgan fingerprint density at radius 2 is 0.662 bits per heavy atom. The Kier molecular flexibility index (Phi) is 36.9. The number of pyridine rings is 1. The lowest BCUT2D eigenvalue weighted by Crippen LogP contribution is -2.40. The SMILES string of the molecule is CC(=O)N1CCC(C(=O)n2ccc(/C=C/c3cccs3)n2)CC1.N#Cc1ccc(C(=O)n2ccc(/C=C/c3cccs3)n2)cc1.N#Cc1cccc(C(=O)n2ccc(/C=C/c3cccs3)n2)c1.O=C(C1CCC1)n1ccc(/C=C/c2cccs2)n1.O=C(c1ccc(Cl)nc1)n1ccc(/C=C/c2cccs2)n1.O=C(c1ccc2c(c1)OCO2)n1ccc(/C=C/c2cccs2)n1.O=C(c1ccsc1)n1ccc(/C=C/c2cccs2)n1. The Hall–Kier alpha value is -16.9. The molecule has 37 heteroatoms. The Bertz CT molecular complexity index is 7960. The van der Waals surface area contributed by atoms with Crippen molar-refractivity contribution in [2.75, 3.05) is 19.9 Å². The highest BCUT2D eigenvalue weighted by atomic mass is 35.5. The van der Waals surface area contributed by atoms with E-state index in [2.05, 4.69) is 46.7 Å². The number of rotatable bonds is 21. The number of hydrogen-bond acceptors (Lipinski definition) is 28. The number of piperidine rings is 1. The quantitative estimate of drug-likeness (QED) is 0.0603. The second kappa shape index (κ2) is 52.6. The van der Waals surface area contributed by atoms with Gasteiger partial charge in [-0.25, -0.2) is 37.8 Å². The molecule has 28 nitrogen and oxygen atoms in total. The molecule has 148 heavy (non-hydrogen) atoms. The fourth-order valence-corrected chi connectivity index (χ4v) is 19.2. The van der Waals surface area contributed by atoms with Crippen molar-refractivity contribution in [3.05, 3.63) is 428 Å².